The first-order chi connectivity index (χ1) is 13.1. The lowest BCUT2D eigenvalue weighted by Gasteiger charge is -2.20. The minimum atomic E-state index is -4.57. The highest BCUT2D eigenvalue weighted by atomic mass is 35.5. The van der Waals surface area contributed by atoms with E-state index in [1.165, 1.54) is 6.07 Å². The molecule has 1 atom stereocenters. The quantitative estimate of drug-likeness (QED) is 0.561. The molecule has 0 aromatic heterocycles. The molecule has 0 aliphatic heterocycles. The van der Waals surface area contributed by atoms with Gasteiger partial charge < -0.3 is 22.1 Å². The third kappa shape index (κ3) is 6.95. The molecule has 6 N–H and O–H groups in total. The summed E-state index contributed by atoms with van der Waals surface area (Å²) in [7, 11) is 0. The molecule has 0 fully saturated rings. The van der Waals surface area contributed by atoms with Crippen LogP contribution in [-0.4, -0.2) is 11.9 Å². The first kappa shape index (κ1) is 24.3. The van der Waals surface area contributed by atoms with Crippen molar-refractivity contribution in [2.24, 2.45) is 11.5 Å². The van der Waals surface area contributed by atoms with Gasteiger partial charge in [0.05, 0.1) is 18.0 Å². The number of amides is 3. The van der Waals surface area contributed by atoms with Gasteiger partial charge in [0.2, 0.25) is 5.91 Å². The summed E-state index contributed by atoms with van der Waals surface area (Å²) in [5.41, 5.74) is 11.5. The summed E-state index contributed by atoms with van der Waals surface area (Å²) in [5.74, 6) is -0.579. The highest BCUT2D eigenvalue weighted by molar-refractivity contribution is 5.91. The van der Waals surface area contributed by atoms with Crippen molar-refractivity contribution in [3.05, 3.63) is 64.7 Å². The molecule has 0 aliphatic carbocycles. The van der Waals surface area contributed by atoms with Crippen molar-refractivity contribution in [2.45, 2.75) is 32.1 Å². The third-order valence-electron chi connectivity index (χ3n) is 4.11. The lowest BCUT2D eigenvalue weighted by Crippen LogP contribution is -2.35. The maximum atomic E-state index is 13.0. The van der Waals surface area contributed by atoms with Crippen LogP contribution >= 0.6 is 12.4 Å². The summed E-state index contributed by atoms with van der Waals surface area (Å²) in [6.07, 6.45) is -4.77. The number of urea groups is 1. The number of hydrogen-bond acceptors (Lipinski definition) is 3. The predicted octanol–water partition coefficient (Wildman–Crippen LogP) is 3.63. The maximum absolute atomic E-state index is 13.0. The molecule has 0 bridgehead atoms. The van der Waals surface area contributed by atoms with Crippen LogP contribution in [0.15, 0.2) is 42.5 Å². The minimum Gasteiger partial charge on any atom is -0.352 e. The number of primary amides is 1. The molecule has 0 saturated heterocycles. The van der Waals surface area contributed by atoms with Crippen molar-refractivity contribution in [3.63, 3.8) is 0 Å². The zero-order valence-electron chi connectivity index (χ0n) is 15.5. The molecule has 3 amide bonds. The van der Waals surface area contributed by atoms with Crippen molar-refractivity contribution >= 4 is 30.0 Å². The average molecular weight is 431 g/mol. The monoisotopic (exact) mass is 430 g/mol. The van der Waals surface area contributed by atoms with Gasteiger partial charge in [0.1, 0.15) is 0 Å². The van der Waals surface area contributed by atoms with E-state index >= 15 is 0 Å². The summed E-state index contributed by atoms with van der Waals surface area (Å²) in [4.78, 5) is 23.7. The molecule has 0 heterocycles. The summed E-state index contributed by atoms with van der Waals surface area (Å²) >= 11 is 0. The predicted molar refractivity (Wildman–Crippen MR) is 106 cm³/mol. The van der Waals surface area contributed by atoms with E-state index in [1.54, 1.807) is 18.2 Å². The Hall–Kier alpha value is -2.78. The summed E-state index contributed by atoms with van der Waals surface area (Å²) in [6, 6.07) is 8.69. The number of carbonyl (C=O) groups is 2. The number of halogens is 4. The number of aryl methyl sites for hydroxylation is 1. The molecule has 10 heteroatoms. The van der Waals surface area contributed by atoms with E-state index in [2.05, 4.69) is 10.6 Å². The Bertz CT molecular complexity index is 875. The van der Waals surface area contributed by atoms with Crippen molar-refractivity contribution in [1.29, 1.82) is 0 Å². The molecule has 2 aromatic rings. The van der Waals surface area contributed by atoms with E-state index in [0.717, 1.165) is 17.7 Å². The van der Waals surface area contributed by atoms with Crippen LogP contribution in [0.1, 0.15) is 34.7 Å². The van der Waals surface area contributed by atoms with Crippen molar-refractivity contribution < 1.29 is 22.8 Å². The number of nitrogens with one attached hydrogen (secondary N) is 2. The fraction of sp³-hybridized carbons (Fsp3) is 0.263. The fourth-order valence-corrected chi connectivity index (χ4v) is 2.83. The molecular formula is C19H22ClF3N4O2. The molecule has 1 unspecified atom stereocenters. The van der Waals surface area contributed by atoms with Gasteiger partial charge in [-0.2, -0.15) is 13.2 Å². The van der Waals surface area contributed by atoms with E-state index < -0.39 is 29.7 Å². The molecule has 29 heavy (non-hydrogen) atoms. The second kappa shape index (κ2) is 10.1. The molecular weight excluding hydrogens is 409 g/mol. The lowest BCUT2D eigenvalue weighted by atomic mass is 9.98. The SMILES string of the molecule is Cc1ccccc1C(CC(=O)Nc1cc(CN)cc(C(F)(F)F)c1)NC(N)=O.Cl. The van der Waals surface area contributed by atoms with Crippen LogP contribution in [-0.2, 0) is 17.5 Å². The molecule has 158 valence electrons. The highest BCUT2D eigenvalue weighted by Crippen LogP contribution is 2.32. The van der Waals surface area contributed by atoms with E-state index in [1.807, 2.05) is 13.0 Å². The summed E-state index contributed by atoms with van der Waals surface area (Å²) < 4.78 is 39.1. The van der Waals surface area contributed by atoms with Crippen molar-refractivity contribution in [3.8, 4) is 0 Å². The van der Waals surface area contributed by atoms with Crippen LogP contribution in [0, 0.1) is 6.92 Å². The number of rotatable bonds is 6. The van der Waals surface area contributed by atoms with Crippen LogP contribution < -0.4 is 22.1 Å². The number of benzene rings is 2. The number of alkyl halides is 3. The van der Waals surface area contributed by atoms with Crippen molar-refractivity contribution in [1.82, 2.24) is 5.32 Å². The molecule has 0 aliphatic rings. The maximum Gasteiger partial charge on any atom is 0.416 e. The van der Waals surface area contributed by atoms with Crippen LogP contribution in [0.2, 0.25) is 0 Å². The minimum absolute atomic E-state index is 0. The van der Waals surface area contributed by atoms with Gasteiger partial charge in [-0.3, -0.25) is 4.79 Å². The Kier molecular flexibility index (Phi) is 8.47. The van der Waals surface area contributed by atoms with Gasteiger partial charge in [-0.1, -0.05) is 24.3 Å². The zero-order valence-corrected chi connectivity index (χ0v) is 16.4. The van der Waals surface area contributed by atoms with Crippen LogP contribution in [0.4, 0.5) is 23.7 Å². The highest BCUT2D eigenvalue weighted by Gasteiger charge is 2.31. The van der Waals surface area contributed by atoms with Crippen LogP contribution in [0.25, 0.3) is 0 Å². The van der Waals surface area contributed by atoms with Gasteiger partial charge in [0.25, 0.3) is 0 Å². The Morgan fingerprint density at radius 2 is 1.79 bits per heavy atom. The molecule has 0 spiro atoms. The molecule has 6 nitrogen and oxygen atoms in total. The fourth-order valence-electron chi connectivity index (χ4n) is 2.83. The standard InChI is InChI=1S/C19H21F3N4O2.ClH/c1-11-4-2-3-5-15(11)16(26-18(24)28)9-17(27)25-14-7-12(10-23)6-13(8-14)19(20,21)22;/h2-8,16H,9-10,23H2,1H3,(H,25,27)(H3,24,26,28);1H. The zero-order chi connectivity index (χ0) is 20.9. The van der Waals surface area contributed by atoms with Gasteiger partial charge in [-0.05, 0) is 41.8 Å². The van der Waals surface area contributed by atoms with E-state index in [9.17, 15) is 22.8 Å². The second-order valence-electron chi connectivity index (χ2n) is 6.29. The normalized spacial score (nSPS) is 11.9. The largest absolute Gasteiger partial charge is 0.416 e. The average Bonchev–Trinajstić information content (AvgIpc) is 2.60. The van der Waals surface area contributed by atoms with Crippen molar-refractivity contribution in [2.75, 3.05) is 5.32 Å². The van der Waals surface area contributed by atoms with E-state index in [0.29, 0.717) is 5.56 Å². The first-order valence-corrected chi connectivity index (χ1v) is 8.42. The van der Waals surface area contributed by atoms with E-state index in [4.69, 9.17) is 11.5 Å². The molecule has 0 radical (unpaired) electrons. The Balaban J connectivity index is 0.00000420. The Morgan fingerprint density at radius 1 is 1.14 bits per heavy atom. The molecule has 2 rings (SSSR count). The van der Waals surface area contributed by atoms with Gasteiger partial charge in [-0.15, -0.1) is 12.4 Å². The lowest BCUT2D eigenvalue weighted by molar-refractivity contribution is -0.137. The van der Waals surface area contributed by atoms with Gasteiger partial charge in [0.15, 0.2) is 0 Å². The number of nitrogens with two attached hydrogens (primary N) is 2. The van der Waals surface area contributed by atoms with Gasteiger partial charge in [-0.25, -0.2) is 4.79 Å². The summed E-state index contributed by atoms with van der Waals surface area (Å²) in [6.45, 7) is 1.70. The Morgan fingerprint density at radius 3 is 2.34 bits per heavy atom. The van der Waals surface area contributed by atoms with Crippen LogP contribution in [0.5, 0.6) is 0 Å². The molecule has 2 aromatic carbocycles. The first-order valence-electron chi connectivity index (χ1n) is 8.42. The van der Waals surface area contributed by atoms with Gasteiger partial charge in [0, 0.05) is 12.2 Å². The third-order valence-corrected chi connectivity index (χ3v) is 4.11. The number of hydrogen-bond donors (Lipinski definition) is 4. The van der Waals surface area contributed by atoms with Gasteiger partial charge >= 0.3 is 12.2 Å². The topological polar surface area (TPSA) is 110 Å². The Labute approximate surface area is 172 Å². The van der Waals surface area contributed by atoms with Crippen LogP contribution in [0.3, 0.4) is 0 Å². The van der Waals surface area contributed by atoms with E-state index in [-0.39, 0.29) is 36.6 Å². The smallest absolute Gasteiger partial charge is 0.352 e. The number of carbonyl (C=O) groups excluding carboxylic acids is 2. The molecule has 0 saturated carbocycles. The second-order valence-corrected chi connectivity index (χ2v) is 6.29. The summed E-state index contributed by atoms with van der Waals surface area (Å²) in [5, 5.41) is 4.93. The number of anilines is 1.